The third-order valence-corrected chi connectivity index (χ3v) is 5.71. The number of carboxylic acids is 1. The number of benzene rings is 3. The fraction of sp³-hybridized carbons (Fsp3) is 0.192. The molecule has 0 atom stereocenters. The standard InChI is InChI=1S/C26H24N2O7/c1-28(35-15-24(29)30)25(31)21-13-16(33-2)11-12-23(21)27-26(32)34-14-22-19-9-5-3-7-17(19)18-8-4-6-10-20(18)22/h3-13,22H,14-15H2,1-2H3,(H,27,32)(H,29,30). The van der Waals surface area contributed by atoms with Crippen LogP contribution in [0.4, 0.5) is 10.5 Å². The fourth-order valence-corrected chi connectivity index (χ4v) is 4.06. The average molecular weight is 476 g/mol. The lowest BCUT2D eigenvalue weighted by atomic mass is 9.98. The summed E-state index contributed by atoms with van der Waals surface area (Å²) in [5.74, 6) is -1.63. The number of carbonyl (C=O) groups excluding carboxylic acids is 2. The maximum absolute atomic E-state index is 12.8. The van der Waals surface area contributed by atoms with Crippen molar-refractivity contribution in [3.05, 3.63) is 83.4 Å². The molecule has 9 heteroatoms. The lowest BCUT2D eigenvalue weighted by Gasteiger charge is -2.19. The van der Waals surface area contributed by atoms with Crippen molar-refractivity contribution in [1.82, 2.24) is 5.06 Å². The van der Waals surface area contributed by atoms with Crippen LogP contribution in [0.5, 0.6) is 5.75 Å². The highest BCUT2D eigenvalue weighted by molar-refractivity contribution is 6.02. The molecule has 0 radical (unpaired) electrons. The Bertz CT molecular complexity index is 1230. The van der Waals surface area contributed by atoms with Gasteiger partial charge in [0.25, 0.3) is 5.91 Å². The van der Waals surface area contributed by atoms with Crippen LogP contribution in [0.15, 0.2) is 66.7 Å². The molecule has 4 rings (SSSR count). The van der Waals surface area contributed by atoms with Gasteiger partial charge >= 0.3 is 12.1 Å². The molecule has 0 saturated carbocycles. The molecule has 0 saturated heterocycles. The Morgan fingerprint density at radius 2 is 1.60 bits per heavy atom. The van der Waals surface area contributed by atoms with Gasteiger partial charge in [0, 0.05) is 13.0 Å². The summed E-state index contributed by atoms with van der Waals surface area (Å²) in [5.41, 5.74) is 4.61. The zero-order chi connectivity index (χ0) is 24.9. The Morgan fingerprint density at radius 1 is 0.971 bits per heavy atom. The minimum Gasteiger partial charge on any atom is -0.497 e. The van der Waals surface area contributed by atoms with E-state index in [4.69, 9.17) is 19.4 Å². The first-order valence-electron chi connectivity index (χ1n) is 10.8. The van der Waals surface area contributed by atoms with Gasteiger partial charge in [0.05, 0.1) is 18.4 Å². The molecule has 0 aromatic heterocycles. The van der Waals surface area contributed by atoms with Crippen molar-refractivity contribution in [2.24, 2.45) is 0 Å². The predicted molar refractivity (Wildman–Crippen MR) is 127 cm³/mol. The second-order valence-electron chi connectivity index (χ2n) is 7.83. The van der Waals surface area contributed by atoms with E-state index in [1.54, 1.807) is 6.07 Å². The summed E-state index contributed by atoms with van der Waals surface area (Å²) in [5, 5.41) is 12.2. The van der Waals surface area contributed by atoms with Gasteiger partial charge < -0.3 is 14.6 Å². The van der Waals surface area contributed by atoms with Crippen molar-refractivity contribution >= 4 is 23.7 Å². The van der Waals surface area contributed by atoms with E-state index in [0.717, 1.165) is 27.3 Å². The van der Waals surface area contributed by atoms with Gasteiger partial charge in [0.1, 0.15) is 12.4 Å². The van der Waals surface area contributed by atoms with E-state index in [9.17, 15) is 14.4 Å². The summed E-state index contributed by atoms with van der Waals surface area (Å²) in [7, 11) is 2.72. The summed E-state index contributed by atoms with van der Waals surface area (Å²) >= 11 is 0. The number of methoxy groups -OCH3 is 1. The molecule has 0 fully saturated rings. The van der Waals surface area contributed by atoms with Crippen LogP contribution >= 0.6 is 0 Å². The van der Waals surface area contributed by atoms with Crippen molar-refractivity contribution in [3.8, 4) is 16.9 Å². The van der Waals surface area contributed by atoms with Gasteiger partial charge in [-0.25, -0.2) is 14.7 Å². The molecule has 35 heavy (non-hydrogen) atoms. The molecule has 0 unspecified atom stereocenters. The number of ether oxygens (including phenoxy) is 2. The SMILES string of the molecule is COc1ccc(NC(=O)OCC2c3ccccc3-c3ccccc32)c(C(=O)N(C)OCC(=O)O)c1. The van der Waals surface area contributed by atoms with Crippen molar-refractivity contribution < 1.29 is 33.8 Å². The minimum atomic E-state index is -1.23. The molecule has 0 spiro atoms. The molecule has 0 aliphatic heterocycles. The van der Waals surface area contributed by atoms with Crippen LogP contribution in [0.25, 0.3) is 11.1 Å². The van der Waals surface area contributed by atoms with E-state index >= 15 is 0 Å². The van der Waals surface area contributed by atoms with Gasteiger partial charge in [-0.3, -0.25) is 14.9 Å². The third-order valence-electron chi connectivity index (χ3n) is 5.71. The van der Waals surface area contributed by atoms with Crippen LogP contribution in [0.3, 0.4) is 0 Å². The zero-order valence-corrected chi connectivity index (χ0v) is 19.2. The van der Waals surface area contributed by atoms with Crippen LogP contribution < -0.4 is 10.1 Å². The quantitative estimate of drug-likeness (QED) is 0.470. The lowest BCUT2D eigenvalue weighted by molar-refractivity contribution is -0.159. The van der Waals surface area contributed by atoms with Gasteiger partial charge in [0.2, 0.25) is 0 Å². The Labute approximate surface area is 201 Å². The number of carboxylic acid groups (broad SMARTS) is 1. The normalized spacial score (nSPS) is 11.8. The summed E-state index contributed by atoms with van der Waals surface area (Å²) in [4.78, 5) is 41.2. The second kappa shape index (κ2) is 10.3. The summed E-state index contributed by atoms with van der Waals surface area (Å²) < 4.78 is 10.7. The Kier molecular flexibility index (Phi) is 6.98. The van der Waals surface area contributed by atoms with Gasteiger partial charge in [-0.05, 0) is 40.5 Å². The number of nitrogens with one attached hydrogen (secondary N) is 1. The maximum atomic E-state index is 12.8. The molecular weight excluding hydrogens is 452 g/mol. The van der Waals surface area contributed by atoms with Crippen LogP contribution in [0.2, 0.25) is 0 Å². The monoisotopic (exact) mass is 476 g/mol. The van der Waals surface area contributed by atoms with Crippen molar-refractivity contribution in [3.63, 3.8) is 0 Å². The lowest BCUT2D eigenvalue weighted by Crippen LogP contribution is -2.30. The number of anilines is 1. The Balaban J connectivity index is 1.49. The first-order valence-corrected chi connectivity index (χ1v) is 10.8. The zero-order valence-electron chi connectivity index (χ0n) is 19.2. The number of rotatable bonds is 8. The molecule has 0 heterocycles. The molecule has 3 aromatic carbocycles. The molecule has 180 valence electrons. The number of fused-ring (bicyclic) bond motifs is 3. The smallest absolute Gasteiger partial charge is 0.411 e. The second-order valence-corrected chi connectivity index (χ2v) is 7.83. The third kappa shape index (κ3) is 5.10. The topological polar surface area (TPSA) is 114 Å². The highest BCUT2D eigenvalue weighted by Crippen LogP contribution is 2.44. The van der Waals surface area contributed by atoms with Crippen LogP contribution in [-0.2, 0) is 14.4 Å². The minimum absolute atomic E-state index is 0.0470. The first kappa shape index (κ1) is 23.8. The number of amides is 2. The summed E-state index contributed by atoms with van der Waals surface area (Å²) in [6, 6.07) is 20.5. The van der Waals surface area contributed by atoms with Crippen LogP contribution in [-0.4, -0.2) is 55.5 Å². The largest absolute Gasteiger partial charge is 0.497 e. The van der Waals surface area contributed by atoms with E-state index in [2.05, 4.69) is 5.32 Å². The van der Waals surface area contributed by atoms with Crippen LogP contribution in [0.1, 0.15) is 27.4 Å². The maximum Gasteiger partial charge on any atom is 0.411 e. The average Bonchev–Trinajstić information content (AvgIpc) is 3.19. The van der Waals surface area contributed by atoms with E-state index in [-0.39, 0.29) is 23.8 Å². The number of nitrogens with zero attached hydrogens (tertiary/aromatic N) is 1. The number of hydrogen-bond acceptors (Lipinski definition) is 6. The predicted octanol–water partition coefficient (Wildman–Crippen LogP) is 4.14. The van der Waals surface area contributed by atoms with Gasteiger partial charge in [-0.2, -0.15) is 0 Å². The molecule has 2 N–H and O–H groups in total. The molecule has 1 aliphatic carbocycles. The molecule has 3 aromatic rings. The van der Waals surface area contributed by atoms with E-state index in [1.807, 2.05) is 48.5 Å². The Morgan fingerprint density at radius 3 is 2.20 bits per heavy atom. The highest BCUT2D eigenvalue weighted by Gasteiger charge is 2.29. The van der Waals surface area contributed by atoms with Gasteiger partial charge in [-0.1, -0.05) is 48.5 Å². The van der Waals surface area contributed by atoms with E-state index in [0.29, 0.717) is 5.75 Å². The van der Waals surface area contributed by atoms with Gasteiger partial charge in [0.15, 0.2) is 6.61 Å². The van der Waals surface area contributed by atoms with Crippen LogP contribution in [0, 0.1) is 0 Å². The number of hydrogen-bond donors (Lipinski definition) is 2. The highest BCUT2D eigenvalue weighted by atomic mass is 16.7. The van der Waals surface area contributed by atoms with Crippen molar-refractivity contribution in [2.75, 3.05) is 32.7 Å². The molecular formula is C26H24N2O7. The van der Waals surface area contributed by atoms with Gasteiger partial charge in [-0.15, -0.1) is 0 Å². The number of carbonyl (C=O) groups is 3. The molecule has 1 aliphatic rings. The molecule has 0 bridgehead atoms. The molecule has 9 nitrogen and oxygen atoms in total. The van der Waals surface area contributed by atoms with Crippen molar-refractivity contribution in [1.29, 1.82) is 0 Å². The summed E-state index contributed by atoms with van der Waals surface area (Å²) in [6.45, 7) is -0.581. The molecule has 2 amide bonds. The Hall–Kier alpha value is -4.37. The summed E-state index contributed by atoms with van der Waals surface area (Å²) in [6.07, 6.45) is -0.736. The fourth-order valence-electron chi connectivity index (χ4n) is 4.06. The number of hydroxylamine groups is 2. The van der Waals surface area contributed by atoms with E-state index < -0.39 is 24.6 Å². The van der Waals surface area contributed by atoms with E-state index in [1.165, 1.54) is 26.3 Å². The first-order chi connectivity index (χ1) is 16.9. The number of aliphatic carboxylic acids is 1. The van der Waals surface area contributed by atoms with Crippen molar-refractivity contribution in [2.45, 2.75) is 5.92 Å².